The normalized spacial score (nSPS) is 17.2. The van der Waals surface area contributed by atoms with Crippen LogP contribution in [0.2, 0.25) is 5.15 Å². The third kappa shape index (κ3) is 3.20. The van der Waals surface area contributed by atoms with Gasteiger partial charge in [-0.05, 0) is 6.07 Å². The van der Waals surface area contributed by atoms with Crippen molar-refractivity contribution in [2.75, 3.05) is 38.2 Å². The third-order valence-corrected chi connectivity index (χ3v) is 4.64. The summed E-state index contributed by atoms with van der Waals surface area (Å²) < 4.78 is 24.2. The number of nitrogen functional groups attached to an aromatic ring is 1. The summed E-state index contributed by atoms with van der Waals surface area (Å²) in [6.45, 7) is 1.21. The van der Waals surface area contributed by atoms with Crippen LogP contribution >= 0.6 is 11.6 Å². The summed E-state index contributed by atoms with van der Waals surface area (Å²) in [6.07, 6.45) is 2.49. The highest BCUT2D eigenvalue weighted by molar-refractivity contribution is 7.88. The number of sulfonamides is 1. The fourth-order valence-electron chi connectivity index (χ4n) is 2.02. The number of carbonyl (C=O) groups is 1. The lowest BCUT2D eigenvalue weighted by Gasteiger charge is -2.33. The zero-order valence-electron chi connectivity index (χ0n) is 10.9. The van der Waals surface area contributed by atoms with Crippen LogP contribution in [0.3, 0.4) is 0 Å². The van der Waals surface area contributed by atoms with Gasteiger partial charge >= 0.3 is 0 Å². The van der Waals surface area contributed by atoms with Crippen LogP contribution in [0.1, 0.15) is 10.4 Å². The summed E-state index contributed by atoms with van der Waals surface area (Å²) in [4.78, 5) is 17.7. The van der Waals surface area contributed by atoms with Gasteiger partial charge in [0, 0.05) is 26.2 Å². The van der Waals surface area contributed by atoms with Gasteiger partial charge in [-0.2, -0.15) is 4.31 Å². The van der Waals surface area contributed by atoms with Gasteiger partial charge in [0.1, 0.15) is 5.15 Å². The zero-order chi connectivity index (χ0) is 14.9. The minimum Gasteiger partial charge on any atom is -0.397 e. The van der Waals surface area contributed by atoms with E-state index in [0.29, 0.717) is 13.1 Å². The van der Waals surface area contributed by atoms with E-state index in [1.54, 1.807) is 4.90 Å². The number of nitrogens with two attached hydrogens (primary N) is 1. The molecule has 7 nitrogen and oxygen atoms in total. The van der Waals surface area contributed by atoms with Gasteiger partial charge in [-0.25, -0.2) is 13.4 Å². The molecule has 0 bridgehead atoms. The number of nitrogens with zero attached hydrogens (tertiary/aromatic N) is 3. The minimum absolute atomic E-state index is 0.192. The molecule has 1 amide bonds. The number of piperazine rings is 1. The molecule has 9 heteroatoms. The van der Waals surface area contributed by atoms with Crippen molar-refractivity contribution in [2.24, 2.45) is 0 Å². The van der Waals surface area contributed by atoms with Crippen molar-refractivity contribution in [2.45, 2.75) is 0 Å². The lowest BCUT2D eigenvalue weighted by Crippen LogP contribution is -2.50. The molecule has 2 rings (SSSR count). The maximum absolute atomic E-state index is 12.3. The van der Waals surface area contributed by atoms with E-state index in [1.165, 1.54) is 16.6 Å². The summed E-state index contributed by atoms with van der Waals surface area (Å²) in [5.41, 5.74) is 6.26. The quantitative estimate of drug-likeness (QED) is 0.776. The van der Waals surface area contributed by atoms with E-state index in [-0.39, 0.29) is 35.4 Å². The Morgan fingerprint density at radius 2 is 1.95 bits per heavy atom. The molecule has 1 aliphatic rings. The second-order valence-electron chi connectivity index (χ2n) is 4.55. The van der Waals surface area contributed by atoms with Gasteiger partial charge in [0.2, 0.25) is 10.0 Å². The summed E-state index contributed by atoms with van der Waals surface area (Å²) in [7, 11) is -3.21. The first-order valence-electron chi connectivity index (χ1n) is 5.94. The fraction of sp³-hybridized carbons (Fsp3) is 0.455. The van der Waals surface area contributed by atoms with Crippen LogP contribution in [-0.4, -0.2) is 60.9 Å². The molecule has 0 spiro atoms. The number of pyridine rings is 1. The van der Waals surface area contributed by atoms with Crippen LogP contribution in [0.4, 0.5) is 5.69 Å². The second kappa shape index (κ2) is 5.55. The Labute approximate surface area is 122 Å². The van der Waals surface area contributed by atoms with E-state index in [9.17, 15) is 13.2 Å². The molecule has 110 valence electrons. The fourth-order valence-corrected chi connectivity index (χ4v) is 3.00. The van der Waals surface area contributed by atoms with Crippen molar-refractivity contribution in [3.8, 4) is 0 Å². The van der Waals surface area contributed by atoms with Crippen molar-refractivity contribution < 1.29 is 13.2 Å². The van der Waals surface area contributed by atoms with Crippen LogP contribution in [0.15, 0.2) is 12.3 Å². The number of halogens is 1. The number of anilines is 1. The Kier molecular flexibility index (Phi) is 4.17. The molecule has 0 atom stereocenters. The molecule has 1 fully saturated rings. The average Bonchev–Trinajstić information content (AvgIpc) is 2.40. The van der Waals surface area contributed by atoms with Gasteiger partial charge in [-0.1, -0.05) is 11.6 Å². The summed E-state index contributed by atoms with van der Waals surface area (Å²) in [5, 5.41) is 0.192. The van der Waals surface area contributed by atoms with Gasteiger partial charge in [-0.3, -0.25) is 4.79 Å². The van der Waals surface area contributed by atoms with Crippen LogP contribution in [0, 0.1) is 0 Å². The van der Waals surface area contributed by atoms with Crippen LogP contribution < -0.4 is 5.73 Å². The molecule has 1 aliphatic heterocycles. The van der Waals surface area contributed by atoms with E-state index in [0.717, 1.165) is 6.26 Å². The minimum atomic E-state index is -3.21. The number of amides is 1. The molecule has 0 saturated carbocycles. The standard InChI is InChI=1S/C11H15ClN4O3S/c1-20(18,19)16-4-2-15(3-5-16)11(17)8-6-10(12)14-7-9(8)13/h6-7H,2-5,13H2,1H3. The van der Waals surface area contributed by atoms with Crippen molar-refractivity contribution in [3.63, 3.8) is 0 Å². The highest BCUT2D eigenvalue weighted by Crippen LogP contribution is 2.18. The van der Waals surface area contributed by atoms with Crippen molar-refractivity contribution >= 4 is 33.2 Å². The third-order valence-electron chi connectivity index (χ3n) is 3.13. The van der Waals surface area contributed by atoms with Gasteiger partial charge < -0.3 is 10.6 Å². The molecular formula is C11H15ClN4O3S. The van der Waals surface area contributed by atoms with E-state index in [4.69, 9.17) is 17.3 Å². The molecule has 1 aromatic rings. The maximum Gasteiger partial charge on any atom is 0.256 e. The lowest BCUT2D eigenvalue weighted by atomic mass is 10.2. The molecule has 0 aromatic carbocycles. The smallest absolute Gasteiger partial charge is 0.256 e. The Morgan fingerprint density at radius 3 is 2.50 bits per heavy atom. The predicted molar refractivity (Wildman–Crippen MR) is 76.0 cm³/mol. The Bertz CT molecular complexity index is 627. The second-order valence-corrected chi connectivity index (χ2v) is 6.92. The molecule has 2 heterocycles. The van der Waals surface area contributed by atoms with Crippen molar-refractivity contribution in [3.05, 3.63) is 23.0 Å². The van der Waals surface area contributed by atoms with Gasteiger partial charge in [0.05, 0.1) is 23.7 Å². The predicted octanol–water partition coefficient (Wildman–Crippen LogP) is 0.0346. The zero-order valence-corrected chi connectivity index (χ0v) is 12.5. The van der Waals surface area contributed by atoms with E-state index in [2.05, 4.69) is 4.98 Å². The maximum atomic E-state index is 12.3. The van der Waals surface area contributed by atoms with E-state index in [1.807, 2.05) is 0 Å². The molecule has 0 aliphatic carbocycles. The Balaban J connectivity index is 2.11. The highest BCUT2D eigenvalue weighted by Gasteiger charge is 2.27. The first kappa shape index (κ1) is 15.0. The first-order chi connectivity index (χ1) is 9.29. The molecule has 2 N–H and O–H groups in total. The molecule has 0 radical (unpaired) electrons. The van der Waals surface area contributed by atoms with E-state index >= 15 is 0 Å². The van der Waals surface area contributed by atoms with Crippen LogP contribution in [0.5, 0.6) is 0 Å². The first-order valence-corrected chi connectivity index (χ1v) is 8.17. The van der Waals surface area contributed by atoms with Crippen LogP contribution in [-0.2, 0) is 10.0 Å². The largest absolute Gasteiger partial charge is 0.397 e. The van der Waals surface area contributed by atoms with E-state index < -0.39 is 10.0 Å². The molecule has 20 heavy (non-hydrogen) atoms. The number of rotatable bonds is 2. The van der Waals surface area contributed by atoms with Crippen molar-refractivity contribution in [1.82, 2.24) is 14.2 Å². The summed E-state index contributed by atoms with van der Waals surface area (Å²) >= 11 is 5.76. The molecule has 1 saturated heterocycles. The SMILES string of the molecule is CS(=O)(=O)N1CCN(C(=O)c2cc(Cl)ncc2N)CC1. The molecule has 1 aromatic heterocycles. The summed E-state index contributed by atoms with van der Waals surface area (Å²) in [6, 6.07) is 1.42. The Morgan fingerprint density at radius 1 is 1.35 bits per heavy atom. The van der Waals surface area contributed by atoms with Crippen molar-refractivity contribution in [1.29, 1.82) is 0 Å². The van der Waals surface area contributed by atoms with Gasteiger partial charge in [0.25, 0.3) is 5.91 Å². The number of hydrogen-bond acceptors (Lipinski definition) is 5. The lowest BCUT2D eigenvalue weighted by molar-refractivity contribution is 0.0699. The number of aromatic nitrogens is 1. The monoisotopic (exact) mass is 318 g/mol. The Hall–Kier alpha value is -1.38. The molecule has 0 unspecified atom stereocenters. The van der Waals surface area contributed by atoms with Gasteiger partial charge in [-0.15, -0.1) is 0 Å². The van der Waals surface area contributed by atoms with Gasteiger partial charge in [0.15, 0.2) is 0 Å². The number of carbonyl (C=O) groups excluding carboxylic acids is 1. The van der Waals surface area contributed by atoms with Crippen LogP contribution in [0.25, 0.3) is 0 Å². The number of hydrogen-bond donors (Lipinski definition) is 1. The highest BCUT2D eigenvalue weighted by atomic mass is 35.5. The summed E-state index contributed by atoms with van der Waals surface area (Å²) in [5.74, 6) is -0.264. The average molecular weight is 319 g/mol. The molecular weight excluding hydrogens is 304 g/mol. The topological polar surface area (TPSA) is 96.6 Å².